The highest BCUT2D eigenvalue weighted by molar-refractivity contribution is 5.85. The van der Waals surface area contributed by atoms with E-state index in [1.165, 1.54) is 0 Å². The Balaban J connectivity index is 2.11. The van der Waals surface area contributed by atoms with Crippen molar-refractivity contribution in [1.82, 2.24) is 21.3 Å². The Morgan fingerprint density at radius 3 is 2.18 bits per heavy atom. The number of nitrogens with one attached hydrogen (secondary N) is 4. The molecular formula is C26H44N4O3. The number of likely N-dealkylation sites (N-methyl/N-ethyl adjacent to an activating group) is 1. The first-order chi connectivity index (χ1) is 15.8. The van der Waals surface area contributed by atoms with Crippen LogP contribution < -0.4 is 21.3 Å². The third-order valence-corrected chi connectivity index (χ3v) is 5.71. The molecule has 0 saturated heterocycles. The molecule has 1 aromatic rings. The molecule has 0 aromatic heterocycles. The third-order valence-electron chi connectivity index (χ3n) is 5.71. The zero-order chi connectivity index (χ0) is 24.5. The van der Waals surface area contributed by atoms with Crippen LogP contribution in [0.15, 0.2) is 30.3 Å². The zero-order valence-electron chi connectivity index (χ0n) is 20.9. The smallest absolute Gasteiger partial charge is 0.315 e. The van der Waals surface area contributed by atoms with Gasteiger partial charge in [-0.15, -0.1) is 0 Å². The summed E-state index contributed by atoms with van der Waals surface area (Å²) in [5.74, 6) is 0.131. The van der Waals surface area contributed by atoms with Crippen LogP contribution in [0.5, 0.6) is 0 Å². The van der Waals surface area contributed by atoms with E-state index in [2.05, 4.69) is 28.2 Å². The minimum absolute atomic E-state index is 0.0117. The highest BCUT2D eigenvalue weighted by atomic mass is 16.2. The van der Waals surface area contributed by atoms with Crippen LogP contribution >= 0.6 is 0 Å². The summed E-state index contributed by atoms with van der Waals surface area (Å²) in [6.45, 7) is 6.72. The molecule has 3 unspecified atom stereocenters. The van der Waals surface area contributed by atoms with Crippen LogP contribution in [0, 0.1) is 0 Å². The van der Waals surface area contributed by atoms with Crippen LogP contribution in [0.1, 0.15) is 77.7 Å². The Labute approximate surface area is 199 Å². The summed E-state index contributed by atoms with van der Waals surface area (Å²) in [6, 6.07) is 9.88. The molecule has 0 bridgehead atoms. The normalized spacial score (nSPS) is 13.6. The van der Waals surface area contributed by atoms with Gasteiger partial charge in [0.1, 0.15) is 5.78 Å². The maximum absolute atomic E-state index is 12.5. The fourth-order valence-electron chi connectivity index (χ4n) is 3.78. The van der Waals surface area contributed by atoms with Crippen molar-refractivity contribution in [2.75, 3.05) is 13.6 Å². The van der Waals surface area contributed by atoms with Crippen LogP contribution in [-0.2, 0) is 16.0 Å². The first-order valence-corrected chi connectivity index (χ1v) is 12.4. The van der Waals surface area contributed by atoms with E-state index < -0.39 is 0 Å². The number of carbonyl (C=O) groups is 3. The summed E-state index contributed by atoms with van der Waals surface area (Å²) in [6.07, 6.45) is 6.65. The van der Waals surface area contributed by atoms with E-state index in [0.717, 1.165) is 37.7 Å². The number of urea groups is 1. The van der Waals surface area contributed by atoms with E-state index in [4.69, 9.17) is 0 Å². The second-order valence-corrected chi connectivity index (χ2v) is 8.91. The van der Waals surface area contributed by atoms with Crippen molar-refractivity contribution in [3.05, 3.63) is 35.9 Å². The van der Waals surface area contributed by atoms with E-state index in [0.29, 0.717) is 32.2 Å². The Morgan fingerprint density at radius 1 is 0.879 bits per heavy atom. The quantitative estimate of drug-likeness (QED) is 0.266. The summed E-state index contributed by atoms with van der Waals surface area (Å²) in [5.41, 5.74) is 1.12. The topological polar surface area (TPSA) is 99.3 Å². The van der Waals surface area contributed by atoms with Crippen LogP contribution in [0.4, 0.5) is 4.79 Å². The lowest BCUT2D eigenvalue weighted by Gasteiger charge is -2.18. The number of ketones is 1. The van der Waals surface area contributed by atoms with Crippen molar-refractivity contribution in [3.63, 3.8) is 0 Å². The number of carbonyl (C=O) groups excluding carboxylic acids is 3. The molecule has 0 aliphatic carbocycles. The third kappa shape index (κ3) is 13.7. The van der Waals surface area contributed by atoms with Crippen molar-refractivity contribution in [2.24, 2.45) is 0 Å². The Kier molecular flexibility index (Phi) is 14.8. The van der Waals surface area contributed by atoms with E-state index in [-0.39, 0.29) is 35.8 Å². The lowest BCUT2D eigenvalue weighted by Crippen LogP contribution is -2.44. The molecule has 3 atom stereocenters. The van der Waals surface area contributed by atoms with E-state index in [1.54, 1.807) is 7.05 Å². The number of benzene rings is 1. The lowest BCUT2D eigenvalue weighted by atomic mass is 9.99. The molecular weight excluding hydrogens is 416 g/mol. The molecule has 0 radical (unpaired) electrons. The first-order valence-electron chi connectivity index (χ1n) is 12.4. The minimum atomic E-state index is -0.219. The van der Waals surface area contributed by atoms with Crippen LogP contribution in [0.25, 0.3) is 0 Å². The highest BCUT2D eigenvalue weighted by Crippen LogP contribution is 2.08. The Hall–Kier alpha value is -2.41. The molecule has 4 N–H and O–H groups in total. The van der Waals surface area contributed by atoms with Gasteiger partial charge in [0, 0.05) is 31.5 Å². The molecule has 0 fully saturated rings. The minimum Gasteiger partial charge on any atom is -0.356 e. The van der Waals surface area contributed by atoms with Gasteiger partial charge in [0.25, 0.3) is 0 Å². The Bertz CT molecular complexity index is 696. The summed E-state index contributed by atoms with van der Waals surface area (Å²) in [7, 11) is 1.80. The Morgan fingerprint density at radius 2 is 1.55 bits per heavy atom. The van der Waals surface area contributed by atoms with E-state index in [9.17, 15) is 14.4 Å². The predicted molar refractivity (Wildman–Crippen MR) is 134 cm³/mol. The highest BCUT2D eigenvalue weighted by Gasteiger charge is 2.17. The number of Topliss-reactive ketones (excluding diaryl/α,β-unsaturated/α-hetero) is 1. The molecule has 1 rings (SSSR count). The fraction of sp³-hybridized carbons (Fsp3) is 0.654. The standard InChI is InChI=1S/C26H44N4O3/c1-5-12-20(2)29-26(33)30-21(3)13-9-10-18-28-25(32)17-11-16-24(31)23(27-4)19-22-14-7-6-8-15-22/h6-8,14-15,20-21,23,27H,5,9-13,16-19H2,1-4H3,(H,28,32)(H2,29,30,33). The van der Waals surface area contributed by atoms with E-state index in [1.807, 2.05) is 44.2 Å². The van der Waals surface area contributed by atoms with Gasteiger partial charge in [-0.05, 0) is 65.0 Å². The van der Waals surface area contributed by atoms with Crippen molar-refractivity contribution >= 4 is 17.7 Å². The maximum Gasteiger partial charge on any atom is 0.315 e. The summed E-state index contributed by atoms with van der Waals surface area (Å²) < 4.78 is 0. The SMILES string of the molecule is CCCC(C)NC(=O)NC(C)CCCCNC(=O)CCCC(=O)C(Cc1ccccc1)NC. The second-order valence-electron chi connectivity index (χ2n) is 8.91. The van der Waals surface area contributed by atoms with Gasteiger partial charge in [-0.1, -0.05) is 43.7 Å². The molecule has 7 heteroatoms. The second kappa shape index (κ2) is 17.1. The van der Waals surface area contributed by atoms with Gasteiger partial charge in [0.15, 0.2) is 0 Å². The molecule has 1 aromatic carbocycles. The predicted octanol–water partition coefficient (Wildman–Crippen LogP) is 3.72. The molecule has 3 amide bonds. The van der Waals surface area contributed by atoms with Gasteiger partial charge in [0.05, 0.1) is 6.04 Å². The number of hydrogen-bond donors (Lipinski definition) is 4. The lowest BCUT2D eigenvalue weighted by molar-refractivity contribution is -0.122. The largest absolute Gasteiger partial charge is 0.356 e. The van der Waals surface area contributed by atoms with Gasteiger partial charge in [-0.2, -0.15) is 0 Å². The maximum atomic E-state index is 12.5. The van der Waals surface area contributed by atoms with Gasteiger partial charge in [-0.25, -0.2) is 4.79 Å². The van der Waals surface area contributed by atoms with E-state index >= 15 is 0 Å². The molecule has 186 valence electrons. The average molecular weight is 461 g/mol. The number of unbranched alkanes of at least 4 members (excludes halogenated alkanes) is 1. The molecule has 0 aliphatic rings. The van der Waals surface area contributed by atoms with Gasteiger partial charge < -0.3 is 21.3 Å². The first kappa shape index (κ1) is 28.6. The van der Waals surface area contributed by atoms with Crippen LogP contribution in [0.2, 0.25) is 0 Å². The monoisotopic (exact) mass is 460 g/mol. The average Bonchev–Trinajstić information content (AvgIpc) is 2.77. The van der Waals surface area contributed by atoms with Gasteiger partial charge >= 0.3 is 6.03 Å². The van der Waals surface area contributed by atoms with Crippen molar-refractivity contribution in [2.45, 2.75) is 96.7 Å². The summed E-state index contributed by atoms with van der Waals surface area (Å²) in [4.78, 5) is 36.4. The molecule has 33 heavy (non-hydrogen) atoms. The van der Waals surface area contributed by atoms with Gasteiger partial charge in [-0.3, -0.25) is 9.59 Å². The molecule has 0 saturated carbocycles. The van der Waals surface area contributed by atoms with Crippen molar-refractivity contribution in [1.29, 1.82) is 0 Å². The van der Waals surface area contributed by atoms with Crippen molar-refractivity contribution in [3.8, 4) is 0 Å². The summed E-state index contributed by atoms with van der Waals surface area (Å²) in [5, 5.41) is 11.9. The van der Waals surface area contributed by atoms with Crippen LogP contribution in [-0.4, -0.2) is 49.4 Å². The number of hydrogen-bond acceptors (Lipinski definition) is 4. The zero-order valence-corrected chi connectivity index (χ0v) is 20.9. The van der Waals surface area contributed by atoms with Crippen LogP contribution in [0.3, 0.4) is 0 Å². The van der Waals surface area contributed by atoms with Crippen molar-refractivity contribution < 1.29 is 14.4 Å². The molecule has 0 heterocycles. The molecule has 0 aliphatic heterocycles. The van der Waals surface area contributed by atoms with Gasteiger partial charge in [0.2, 0.25) is 5.91 Å². The summed E-state index contributed by atoms with van der Waals surface area (Å²) >= 11 is 0. The number of amides is 3. The fourth-order valence-corrected chi connectivity index (χ4v) is 3.78. The number of rotatable bonds is 17. The molecule has 7 nitrogen and oxygen atoms in total. The molecule has 0 spiro atoms.